The third-order valence-corrected chi connectivity index (χ3v) is 5.90. The molecule has 0 saturated carbocycles. The van der Waals surface area contributed by atoms with Crippen molar-refractivity contribution in [2.45, 2.75) is 26.5 Å². The molecule has 3 rings (SSSR count). The number of methoxy groups -OCH3 is 1. The van der Waals surface area contributed by atoms with E-state index in [1.54, 1.807) is 30.9 Å². The van der Waals surface area contributed by atoms with Crippen molar-refractivity contribution in [1.29, 1.82) is 0 Å². The number of piperazine rings is 1. The van der Waals surface area contributed by atoms with Crippen molar-refractivity contribution >= 4 is 39.1 Å². The van der Waals surface area contributed by atoms with Gasteiger partial charge in [0.15, 0.2) is 0 Å². The number of halogens is 1. The Morgan fingerprint density at radius 3 is 2.45 bits per heavy atom. The summed E-state index contributed by atoms with van der Waals surface area (Å²) >= 11 is 1.24. The van der Waals surface area contributed by atoms with E-state index in [-0.39, 0.29) is 37.5 Å². The van der Waals surface area contributed by atoms with E-state index < -0.39 is 11.8 Å². The van der Waals surface area contributed by atoms with Crippen LogP contribution in [-0.2, 0) is 20.9 Å². The highest BCUT2D eigenvalue weighted by atomic mass is 32.1. The average Bonchev–Trinajstić information content (AvgIpc) is 3.06. The molecule has 1 aromatic heterocycles. The molecule has 2 heterocycles. The number of rotatable bonds is 4. The maximum atomic E-state index is 14.3. The highest BCUT2D eigenvalue weighted by Crippen LogP contribution is 2.34. The SMILES string of the molecule is COCc1c(C(=O)N2CCN(C(=O)C(=O)NC(C)C)CC2)sc2cccc(F)c12. The monoisotopic (exact) mass is 421 g/mol. The summed E-state index contributed by atoms with van der Waals surface area (Å²) in [5.41, 5.74) is 0.547. The predicted octanol–water partition coefficient (Wildman–Crippen LogP) is 2.00. The van der Waals surface area contributed by atoms with Crippen LogP contribution >= 0.6 is 11.3 Å². The van der Waals surface area contributed by atoms with E-state index in [0.29, 0.717) is 33.6 Å². The number of nitrogens with zero attached hydrogens (tertiary/aromatic N) is 2. The van der Waals surface area contributed by atoms with E-state index in [0.717, 1.165) is 0 Å². The van der Waals surface area contributed by atoms with Gasteiger partial charge in [-0.2, -0.15) is 0 Å². The standard InChI is InChI=1S/C20H24FN3O4S/c1-12(2)22-18(25)20(27)24-9-7-23(8-10-24)19(26)17-13(11-28-3)16-14(21)5-4-6-15(16)29-17/h4-6,12H,7-11H2,1-3H3,(H,22,25). The molecule has 1 N–H and O–H groups in total. The van der Waals surface area contributed by atoms with Crippen LogP contribution in [-0.4, -0.2) is 66.9 Å². The molecule has 1 saturated heterocycles. The van der Waals surface area contributed by atoms with Gasteiger partial charge in [0.1, 0.15) is 5.82 Å². The molecule has 3 amide bonds. The molecule has 1 fully saturated rings. The summed E-state index contributed by atoms with van der Waals surface area (Å²) in [6, 6.07) is 4.64. The minimum absolute atomic E-state index is 0.123. The first-order valence-corrected chi connectivity index (χ1v) is 10.2. The Kier molecular flexibility index (Phi) is 6.49. The molecule has 0 aliphatic carbocycles. The van der Waals surface area contributed by atoms with Crippen molar-refractivity contribution in [3.8, 4) is 0 Å². The van der Waals surface area contributed by atoms with Gasteiger partial charge in [-0.3, -0.25) is 14.4 Å². The summed E-state index contributed by atoms with van der Waals surface area (Å²) in [4.78, 5) is 40.8. The molecular weight excluding hydrogens is 397 g/mol. The number of ether oxygens (including phenoxy) is 1. The van der Waals surface area contributed by atoms with Gasteiger partial charge in [-0.15, -0.1) is 11.3 Å². The lowest BCUT2D eigenvalue weighted by atomic mass is 10.1. The fraction of sp³-hybridized carbons (Fsp3) is 0.450. The van der Waals surface area contributed by atoms with Crippen molar-refractivity contribution in [3.05, 3.63) is 34.5 Å². The summed E-state index contributed by atoms with van der Waals surface area (Å²) in [5.74, 6) is -1.82. The van der Waals surface area contributed by atoms with Gasteiger partial charge in [-0.05, 0) is 26.0 Å². The second kappa shape index (κ2) is 8.87. The Balaban J connectivity index is 1.74. The summed E-state index contributed by atoms with van der Waals surface area (Å²) in [5, 5.41) is 3.00. The average molecular weight is 421 g/mol. The van der Waals surface area contributed by atoms with Gasteiger partial charge in [0.25, 0.3) is 5.91 Å². The molecule has 0 bridgehead atoms. The van der Waals surface area contributed by atoms with Crippen LogP contribution in [0.25, 0.3) is 10.1 Å². The van der Waals surface area contributed by atoms with Crippen LogP contribution in [0.2, 0.25) is 0 Å². The predicted molar refractivity (Wildman–Crippen MR) is 108 cm³/mol. The molecule has 0 radical (unpaired) electrons. The summed E-state index contributed by atoms with van der Waals surface area (Å²) < 4.78 is 20.2. The number of hydrogen-bond acceptors (Lipinski definition) is 5. The molecule has 7 nitrogen and oxygen atoms in total. The minimum atomic E-state index is -0.637. The van der Waals surface area contributed by atoms with Crippen LogP contribution in [0, 0.1) is 5.82 Å². The lowest BCUT2D eigenvalue weighted by molar-refractivity contribution is -0.147. The zero-order chi connectivity index (χ0) is 21.1. The quantitative estimate of drug-likeness (QED) is 0.766. The van der Waals surface area contributed by atoms with E-state index in [1.807, 2.05) is 0 Å². The van der Waals surface area contributed by atoms with Crippen LogP contribution in [0.1, 0.15) is 29.1 Å². The highest BCUT2D eigenvalue weighted by molar-refractivity contribution is 7.21. The van der Waals surface area contributed by atoms with Crippen molar-refractivity contribution in [3.63, 3.8) is 0 Å². The van der Waals surface area contributed by atoms with Gasteiger partial charge in [0, 0.05) is 55.0 Å². The number of amides is 3. The van der Waals surface area contributed by atoms with E-state index in [1.165, 1.54) is 29.4 Å². The molecular formula is C20H24FN3O4S. The topological polar surface area (TPSA) is 79.0 Å². The Labute approximate surface area is 172 Å². The van der Waals surface area contributed by atoms with Crippen LogP contribution < -0.4 is 5.32 Å². The van der Waals surface area contributed by atoms with E-state index in [4.69, 9.17) is 4.74 Å². The summed E-state index contributed by atoms with van der Waals surface area (Å²) in [7, 11) is 1.51. The Hall–Kier alpha value is -2.52. The first-order chi connectivity index (χ1) is 13.8. The van der Waals surface area contributed by atoms with Crippen LogP contribution in [0.4, 0.5) is 4.39 Å². The maximum Gasteiger partial charge on any atom is 0.312 e. The smallest absolute Gasteiger partial charge is 0.312 e. The molecule has 1 aliphatic rings. The molecule has 0 unspecified atom stereocenters. The van der Waals surface area contributed by atoms with Gasteiger partial charge in [0.2, 0.25) is 0 Å². The van der Waals surface area contributed by atoms with Crippen molar-refractivity contribution < 1.29 is 23.5 Å². The molecule has 156 valence electrons. The number of fused-ring (bicyclic) bond motifs is 1. The third-order valence-electron chi connectivity index (χ3n) is 4.71. The Bertz CT molecular complexity index is 935. The molecule has 1 aliphatic heterocycles. The van der Waals surface area contributed by atoms with Crippen molar-refractivity contribution in [2.24, 2.45) is 0 Å². The number of hydrogen-bond donors (Lipinski definition) is 1. The molecule has 0 spiro atoms. The van der Waals surface area contributed by atoms with Gasteiger partial charge < -0.3 is 19.9 Å². The van der Waals surface area contributed by atoms with E-state index in [2.05, 4.69) is 5.32 Å². The second-order valence-corrected chi connectivity index (χ2v) is 8.22. The number of thiophene rings is 1. The number of carbonyl (C=O) groups is 3. The fourth-order valence-electron chi connectivity index (χ4n) is 3.35. The van der Waals surface area contributed by atoms with Gasteiger partial charge >= 0.3 is 11.8 Å². The second-order valence-electron chi connectivity index (χ2n) is 7.17. The zero-order valence-corrected chi connectivity index (χ0v) is 17.5. The Morgan fingerprint density at radius 1 is 1.17 bits per heavy atom. The summed E-state index contributed by atoms with van der Waals surface area (Å²) in [6.45, 7) is 4.87. The normalized spacial score (nSPS) is 14.5. The van der Waals surface area contributed by atoms with Gasteiger partial charge in [0.05, 0.1) is 11.5 Å². The van der Waals surface area contributed by atoms with E-state index in [9.17, 15) is 18.8 Å². The molecule has 2 aromatic rings. The lowest BCUT2D eigenvalue weighted by Gasteiger charge is -2.34. The van der Waals surface area contributed by atoms with E-state index >= 15 is 0 Å². The zero-order valence-electron chi connectivity index (χ0n) is 16.7. The largest absolute Gasteiger partial charge is 0.380 e. The number of benzene rings is 1. The minimum Gasteiger partial charge on any atom is -0.380 e. The molecule has 9 heteroatoms. The summed E-state index contributed by atoms with van der Waals surface area (Å²) in [6.07, 6.45) is 0. The third kappa shape index (κ3) is 4.40. The highest BCUT2D eigenvalue weighted by Gasteiger charge is 2.30. The van der Waals surface area contributed by atoms with Gasteiger partial charge in [-0.25, -0.2) is 4.39 Å². The lowest BCUT2D eigenvalue weighted by Crippen LogP contribution is -2.54. The molecule has 0 atom stereocenters. The Morgan fingerprint density at radius 2 is 1.83 bits per heavy atom. The first-order valence-electron chi connectivity index (χ1n) is 9.41. The van der Waals surface area contributed by atoms with Crippen LogP contribution in [0.3, 0.4) is 0 Å². The first kappa shape index (κ1) is 21.2. The molecule has 29 heavy (non-hydrogen) atoms. The number of nitrogens with one attached hydrogen (secondary N) is 1. The van der Waals surface area contributed by atoms with Crippen LogP contribution in [0.15, 0.2) is 18.2 Å². The van der Waals surface area contributed by atoms with Crippen molar-refractivity contribution in [2.75, 3.05) is 33.3 Å². The fourth-order valence-corrected chi connectivity index (χ4v) is 4.54. The van der Waals surface area contributed by atoms with Crippen molar-refractivity contribution in [1.82, 2.24) is 15.1 Å². The maximum absolute atomic E-state index is 14.3. The molecule has 1 aromatic carbocycles. The number of carbonyl (C=O) groups excluding carboxylic acids is 3. The van der Waals surface area contributed by atoms with Gasteiger partial charge in [-0.1, -0.05) is 6.07 Å². The van der Waals surface area contributed by atoms with Crippen LogP contribution in [0.5, 0.6) is 0 Å².